The summed E-state index contributed by atoms with van der Waals surface area (Å²) in [7, 11) is 0. The molecule has 4 rings (SSSR count). The van der Waals surface area contributed by atoms with Gasteiger partial charge >= 0.3 is 0 Å². The van der Waals surface area contributed by atoms with E-state index in [9.17, 15) is 9.90 Å². The number of aromatic hydroxyl groups is 1. The number of hydrogen-bond acceptors (Lipinski definition) is 5. The van der Waals surface area contributed by atoms with Crippen LogP contribution in [-0.2, 0) is 0 Å². The van der Waals surface area contributed by atoms with E-state index < -0.39 is 0 Å². The molecule has 7 nitrogen and oxygen atoms in total. The first kappa shape index (κ1) is 16.5. The van der Waals surface area contributed by atoms with Crippen LogP contribution in [0.2, 0.25) is 0 Å². The summed E-state index contributed by atoms with van der Waals surface area (Å²) in [6.07, 6.45) is 1.49. The zero-order valence-electron chi connectivity index (χ0n) is 14.7. The summed E-state index contributed by atoms with van der Waals surface area (Å²) in [6.45, 7) is 6.24. The first-order chi connectivity index (χ1) is 12.7. The number of hydrogen-bond donors (Lipinski definition) is 1. The Labute approximate surface area is 151 Å². The van der Waals surface area contributed by atoms with Crippen LogP contribution in [0.1, 0.15) is 17.3 Å². The van der Waals surface area contributed by atoms with Crippen LogP contribution in [0.15, 0.2) is 42.6 Å². The van der Waals surface area contributed by atoms with Gasteiger partial charge < -0.3 is 14.9 Å². The lowest BCUT2D eigenvalue weighted by Gasteiger charge is -2.33. The molecule has 0 spiro atoms. The number of aromatic nitrogens is 3. The van der Waals surface area contributed by atoms with E-state index in [2.05, 4.69) is 21.9 Å². The van der Waals surface area contributed by atoms with Crippen molar-refractivity contribution in [2.75, 3.05) is 32.7 Å². The van der Waals surface area contributed by atoms with E-state index in [0.717, 1.165) is 25.2 Å². The molecule has 1 aliphatic rings. The topological polar surface area (TPSA) is 74.0 Å². The SMILES string of the molecule is CCN1CCN(C(=O)c2cnn3c(O)cc(-c4ccccc4)nc23)CC1. The third kappa shape index (κ3) is 2.90. The van der Waals surface area contributed by atoms with Gasteiger partial charge in [-0.3, -0.25) is 4.79 Å². The summed E-state index contributed by atoms with van der Waals surface area (Å²) in [5.41, 5.74) is 2.29. The highest BCUT2D eigenvalue weighted by molar-refractivity contribution is 6.00. The number of carbonyl (C=O) groups excluding carboxylic acids is 1. The number of likely N-dealkylation sites (N-methyl/N-ethyl adjacent to an activating group) is 1. The van der Waals surface area contributed by atoms with Gasteiger partial charge in [-0.15, -0.1) is 0 Å². The monoisotopic (exact) mass is 351 g/mol. The summed E-state index contributed by atoms with van der Waals surface area (Å²) in [5.74, 6) is -0.128. The second-order valence-corrected chi connectivity index (χ2v) is 6.39. The number of carbonyl (C=O) groups is 1. The van der Waals surface area contributed by atoms with Gasteiger partial charge in [0, 0.05) is 37.8 Å². The van der Waals surface area contributed by atoms with Crippen LogP contribution in [0.5, 0.6) is 5.88 Å². The molecule has 0 saturated carbocycles. The van der Waals surface area contributed by atoms with Gasteiger partial charge in [0.15, 0.2) is 5.65 Å². The molecule has 1 fully saturated rings. The van der Waals surface area contributed by atoms with Crippen molar-refractivity contribution in [2.45, 2.75) is 6.92 Å². The number of benzene rings is 1. The molecule has 1 saturated heterocycles. The summed E-state index contributed by atoms with van der Waals surface area (Å²) in [4.78, 5) is 21.7. The highest BCUT2D eigenvalue weighted by Crippen LogP contribution is 2.24. The van der Waals surface area contributed by atoms with Crippen molar-refractivity contribution < 1.29 is 9.90 Å². The lowest BCUT2D eigenvalue weighted by molar-refractivity contribution is 0.0645. The summed E-state index contributed by atoms with van der Waals surface area (Å²) in [5, 5.41) is 14.5. The molecule has 1 N–H and O–H groups in total. The second-order valence-electron chi connectivity index (χ2n) is 6.39. The van der Waals surface area contributed by atoms with E-state index >= 15 is 0 Å². The number of piperazine rings is 1. The molecule has 26 heavy (non-hydrogen) atoms. The number of nitrogens with zero attached hydrogens (tertiary/aromatic N) is 5. The lowest BCUT2D eigenvalue weighted by atomic mass is 10.1. The molecule has 134 valence electrons. The van der Waals surface area contributed by atoms with Gasteiger partial charge in [0.1, 0.15) is 5.56 Å². The largest absolute Gasteiger partial charge is 0.493 e. The average molecular weight is 351 g/mol. The standard InChI is InChI=1S/C19H21N5O2/c1-2-22-8-10-23(11-9-22)19(26)15-13-20-24-17(25)12-16(21-18(15)24)14-6-4-3-5-7-14/h3-7,12-13,25H,2,8-11H2,1H3. The highest BCUT2D eigenvalue weighted by Gasteiger charge is 2.25. The normalized spacial score (nSPS) is 15.5. The quantitative estimate of drug-likeness (QED) is 0.780. The van der Waals surface area contributed by atoms with Crippen LogP contribution >= 0.6 is 0 Å². The van der Waals surface area contributed by atoms with Gasteiger partial charge in [-0.05, 0) is 6.54 Å². The maximum atomic E-state index is 13.0. The molecule has 3 aromatic rings. The molecule has 7 heteroatoms. The third-order valence-electron chi connectivity index (χ3n) is 4.86. The number of fused-ring (bicyclic) bond motifs is 1. The van der Waals surface area contributed by atoms with Gasteiger partial charge in [0.25, 0.3) is 5.91 Å². The van der Waals surface area contributed by atoms with Crippen molar-refractivity contribution in [1.29, 1.82) is 0 Å². The van der Waals surface area contributed by atoms with Crippen LogP contribution in [0.25, 0.3) is 16.9 Å². The zero-order valence-corrected chi connectivity index (χ0v) is 14.7. The van der Waals surface area contributed by atoms with Gasteiger partial charge in [0.2, 0.25) is 5.88 Å². The van der Waals surface area contributed by atoms with Crippen molar-refractivity contribution >= 4 is 11.6 Å². The minimum absolute atomic E-state index is 0.0382. The molecule has 0 radical (unpaired) electrons. The molecule has 1 amide bonds. The Morgan fingerprint density at radius 3 is 2.58 bits per heavy atom. The van der Waals surface area contributed by atoms with Crippen LogP contribution in [0, 0.1) is 0 Å². The molecule has 3 heterocycles. The first-order valence-corrected chi connectivity index (χ1v) is 8.82. The Morgan fingerprint density at radius 1 is 1.15 bits per heavy atom. The van der Waals surface area contributed by atoms with E-state index in [-0.39, 0.29) is 11.8 Å². The molecular weight excluding hydrogens is 330 g/mol. The van der Waals surface area contributed by atoms with Crippen LogP contribution in [0.3, 0.4) is 0 Å². The van der Waals surface area contributed by atoms with E-state index in [0.29, 0.717) is 30.0 Å². The fraction of sp³-hybridized carbons (Fsp3) is 0.316. The Kier molecular flexibility index (Phi) is 4.30. The minimum atomic E-state index is -0.0899. The third-order valence-corrected chi connectivity index (χ3v) is 4.86. The van der Waals surface area contributed by atoms with E-state index in [1.165, 1.54) is 10.7 Å². The number of rotatable bonds is 3. The Hall–Kier alpha value is -2.93. The van der Waals surface area contributed by atoms with Crippen LogP contribution < -0.4 is 0 Å². The van der Waals surface area contributed by atoms with E-state index in [4.69, 9.17) is 0 Å². The summed E-state index contributed by atoms with van der Waals surface area (Å²) < 4.78 is 1.31. The van der Waals surface area contributed by atoms with Crippen molar-refractivity contribution in [2.24, 2.45) is 0 Å². The fourth-order valence-electron chi connectivity index (χ4n) is 3.29. The van der Waals surface area contributed by atoms with Crippen molar-refractivity contribution in [3.63, 3.8) is 0 Å². The molecule has 0 atom stereocenters. The summed E-state index contributed by atoms with van der Waals surface area (Å²) >= 11 is 0. The number of amides is 1. The van der Waals surface area contributed by atoms with Crippen molar-refractivity contribution in [3.8, 4) is 17.1 Å². The van der Waals surface area contributed by atoms with E-state index in [1.807, 2.05) is 35.2 Å². The fourth-order valence-corrected chi connectivity index (χ4v) is 3.29. The van der Waals surface area contributed by atoms with Gasteiger partial charge in [-0.25, -0.2) is 4.98 Å². The van der Waals surface area contributed by atoms with Gasteiger partial charge in [-0.1, -0.05) is 37.3 Å². The zero-order chi connectivity index (χ0) is 18.1. The van der Waals surface area contributed by atoms with Crippen molar-refractivity contribution in [3.05, 3.63) is 48.2 Å². The Balaban J connectivity index is 1.70. The minimum Gasteiger partial charge on any atom is -0.493 e. The maximum absolute atomic E-state index is 13.0. The Morgan fingerprint density at radius 2 is 1.88 bits per heavy atom. The smallest absolute Gasteiger partial charge is 0.259 e. The lowest BCUT2D eigenvalue weighted by Crippen LogP contribution is -2.48. The average Bonchev–Trinajstić information content (AvgIpc) is 3.13. The molecule has 0 bridgehead atoms. The molecule has 1 aromatic carbocycles. The molecule has 0 unspecified atom stereocenters. The predicted octanol–water partition coefficient (Wildman–Crippen LogP) is 1.88. The van der Waals surface area contributed by atoms with Gasteiger partial charge in [-0.2, -0.15) is 9.61 Å². The van der Waals surface area contributed by atoms with Crippen molar-refractivity contribution in [1.82, 2.24) is 24.4 Å². The molecule has 2 aromatic heterocycles. The van der Waals surface area contributed by atoms with Gasteiger partial charge in [0.05, 0.1) is 11.9 Å². The second kappa shape index (κ2) is 6.76. The maximum Gasteiger partial charge on any atom is 0.259 e. The Bertz CT molecular complexity index is 930. The first-order valence-electron chi connectivity index (χ1n) is 8.82. The highest BCUT2D eigenvalue weighted by atomic mass is 16.3. The summed E-state index contributed by atoms with van der Waals surface area (Å²) in [6, 6.07) is 11.1. The molecular formula is C19H21N5O2. The predicted molar refractivity (Wildman–Crippen MR) is 98.1 cm³/mol. The molecule has 1 aliphatic heterocycles. The van der Waals surface area contributed by atoms with E-state index in [1.54, 1.807) is 6.07 Å². The van der Waals surface area contributed by atoms with Crippen LogP contribution in [-0.4, -0.2) is 68.1 Å². The molecule has 0 aliphatic carbocycles. The van der Waals surface area contributed by atoms with Crippen LogP contribution in [0.4, 0.5) is 0 Å².